The first-order chi connectivity index (χ1) is 7.51. The Kier molecular flexibility index (Phi) is 4.14. The number of carboxylic acids is 1. The monoisotopic (exact) mass is 290 g/mol. The maximum absolute atomic E-state index is 10.6. The number of hydrogen-bond acceptors (Lipinski definition) is 4. The summed E-state index contributed by atoms with van der Waals surface area (Å²) >= 11 is 3.24. The van der Waals surface area contributed by atoms with Gasteiger partial charge in [-0.15, -0.1) is 0 Å². The third-order valence-corrected chi connectivity index (χ3v) is 2.80. The van der Waals surface area contributed by atoms with Gasteiger partial charge in [0.15, 0.2) is 6.10 Å². The van der Waals surface area contributed by atoms with Crippen LogP contribution in [0.15, 0.2) is 16.6 Å². The summed E-state index contributed by atoms with van der Waals surface area (Å²) in [6.07, 6.45) is -1.60. The van der Waals surface area contributed by atoms with Crippen LogP contribution in [0.5, 0.6) is 11.5 Å². The van der Waals surface area contributed by atoms with Crippen LogP contribution >= 0.6 is 15.9 Å². The van der Waals surface area contributed by atoms with E-state index in [0.29, 0.717) is 16.0 Å². The van der Waals surface area contributed by atoms with E-state index >= 15 is 0 Å². The molecule has 0 amide bonds. The van der Waals surface area contributed by atoms with Gasteiger partial charge in [-0.3, -0.25) is 0 Å². The van der Waals surface area contributed by atoms with E-state index in [-0.39, 0.29) is 5.56 Å². The zero-order valence-electron chi connectivity index (χ0n) is 8.73. The average Bonchev–Trinajstić information content (AvgIpc) is 2.28. The molecule has 0 saturated heterocycles. The number of carbonyl (C=O) groups is 1. The summed E-state index contributed by atoms with van der Waals surface area (Å²) in [7, 11) is 2.88. The van der Waals surface area contributed by atoms with Crippen LogP contribution in [0.1, 0.15) is 11.7 Å². The highest BCUT2D eigenvalue weighted by molar-refractivity contribution is 9.10. The molecular weight excluding hydrogens is 280 g/mol. The van der Waals surface area contributed by atoms with Crippen molar-refractivity contribution in [2.24, 2.45) is 0 Å². The highest BCUT2D eigenvalue weighted by Crippen LogP contribution is 2.37. The van der Waals surface area contributed by atoms with Gasteiger partial charge >= 0.3 is 5.97 Å². The Hall–Kier alpha value is -1.27. The summed E-state index contributed by atoms with van der Waals surface area (Å²) < 4.78 is 10.6. The molecule has 1 unspecified atom stereocenters. The summed E-state index contributed by atoms with van der Waals surface area (Å²) in [5.74, 6) is -0.532. The van der Waals surface area contributed by atoms with E-state index in [1.807, 2.05) is 0 Å². The standard InChI is InChI=1S/C10H11BrO5/c1-15-6-3-5(9(12)10(13)14)4-7(16-2)8(6)11/h3-4,9,12H,1-2H3,(H,13,14). The summed E-state index contributed by atoms with van der Waals surface area (Å²) in [4.78, 5) is 10.6. The molecule has 0 spiro atoms. The Balaban J connectivity index is 3.26. The van der Waals surface area contributed by atoms with Gasteiger partial charge in [0.25, 0.3) is 0 Å². The number of methoxy groups -OCH3 is 2. The number of aliphatic hydroxyl groups is 1. The third kappa shape index (κ3) is 2.45. The summed E-state index contributed by atoms with van der Waals surface area (Å²) in [5.41, 5.74) is 0.199. The average molecular weight is 291 g/mol. The fraction of sp³-hybridized carbons (Fsp3) is 0.300. The largest absolute Gasteiger partial charge is 0.495 e. The van der Waals surface area contributed by atoms with E-state index in [4.69, 9.17) is 14.6 Å². The fourth-order valence-electron chi connectivity index (χ4n) is 1.19. The van der Waals surface area contributed by atoms with Gasteiger partial charge in [-0.2, -0.15) is 0 Å². The van der Waals surface area contributed by atoms with Crippen molar-refractivity contribution in [3.05, 3.63) is 22.2 Å². The lowest BCUT2D eigenvalue weighted by Crippen LogP contribution is -2.10. The molecule has 1 aromatic carbocycles. The Labute approximate surface area is 101 Å². The van der Waals surface area contributed by atoms with Gasteiger partial charge < -0.3 is 19.7 Å². The van der Waals surface area contributed by atoms with Gasteiger partial charge in [0.1, 0.15) is 16.0 Å². The summed E-state index contributed by atoms with van der Waals surface area (Å²) in [5, 5.41) is 18.1. The van der Waals surface area contributed by atoms with Crippen molar-refractivity contribution in [1.82, 2.24) is 0 Å². The lowest BCUT2D eigenvalue weighted by atomic mass is 10.1. The molecule has 0 radical (unpaired) electrons. The predicted molar refractivity (Wildman–Crippen MR) is 59.8 cm³/mol. The third-order valence-electron chi connectivity index (χ3n) is 2.02. The molecule has 0 aliphatic carbocycles. The minimum atomic E-state index is -1.60. The molecule has 2 N–H and O–H groups in total. The molecule has 0 aliphatic heterocycles. The molecule has 0 aromatic heterocycles. The maximum atomic E-state index is 10.6. The van der Waals surface area contributed by atoms with E-state index in [0.717, 1.165) is 0 Å². The normalized spacial score (nSPS) is 12.0. The molecule has 1 rings (SSSR count). The van der Waals surface area contributed by atoms with Crippen molar-refractivity contribution in [1.29, 1.82) is 0 Å². The van der Waals surface area contributed by atoms with Gasteiger partial charge in [0.2, 0.25) is 0 Å². The van der Waals surface area contributed by atoms with Crippen molar-refractivity contribution >= 4 is 21.9 Å². The molecule has 0 aliphatic rings. The highest BCUT2D eigenvalue weighted by atomic mass is 79.9. The molecule has 5 nitrogen and oxygen atoms in total. The molecule has 0 fully saturated rings. The number of aliphatic hydroxyl groups excluding tert-OH is 1. The second-order valence-corrected chi connectivity index (χ2v) is 3.77. The van der Waals surface area contributed by atoms with Gasteiger partial charge in [0, 0.05) is 0 Å². The number of aliphatic carboxylic acids is 1. The lowest BCUT2D eigenvalue weighted by Gasteiger charge is -2.13. The predicted octanol–water partition coefficient (Wildman–Crippen LogP) is 1.58. The number of halogens is 1. The van der Waals surface area contributed by atoms with Crippen LogP contribution in [-0.2, 0) is 4.79 Å². The fourth-order valence-corrected chi connectivity index (χ4v) is 1.74. The van der Waals surface area contributed by atoms with E-state index in [2.05, 4.69) is 15.9 Å². The van der Waals surface area contributed by atoms with E-state index in [1.165, 1.54) is 26.4 Å². The molecule has 16 heavy (non-hydrogen) atoms. The van der Waals surface area contributed by atoms with Gasteiger partial charge in [-0.05, 0) is 33.6 Å². The lowest BCUT2D eigenvalue weighted by molar-refractivity contribution is -0.146. The number of ether oxygens (including phenoxy) is 2. The molecule has 1 atom stereocenters. The van der Waals surface area contributed by atoms with Crippen LogP contribution in [0.3, 0.4) is 0 Å². The van der Waals surface area contributed by atoms with Gasteiger partial charge in [-0.1, -0.05) is 0 Å². The van der Waals surface area contributed by atoms with Gasteiger partial charge in [-0.25, -0.2) is 4.79 Å². The number of carboxylic acid groups (broad SMARTS) is 1. The van der Waals surface area contributed by atoms with Crippen LogP contribution in [0.4, 0.5) is 0 Å². The van der Waals surface area contributed by atoms with E-state index < -0.39 is 12.1 Å². The number of benzene rings is 1. The maximum Gasteiger partial charge on any atom is 0.337 e. The molecular formula is C10H11BrO5. The van der Waals surface area contributed by atoms with Crippen LogP contribution in [-0.4, -0.2) is 30.4 Å². The minimum absolute atomic E-state index is 0.199. The van der Waals surface area contributed by atoms with Crippen LogP contribution in [0.2, 0.25) is 0 Å². The van der Waals surface area contributed by atoms with Crippen molar-refractivity contribution in [3.63, 3.8) is 0 Å². The van der Waals surface area contributed by atoms with E-state index in [9.17, 15) is 9.90 Å². The quantitative estimate of drug-likeness (QED) is 0.881. The summed E-state index contributed by atoms with van der Waals surface area (Å²) in [6.45, 7) is 0. The Morgan fingerprint density at radius 2 is 1.75 bits per heavy atom. The first kappa shape index (κ1) is 12.8. The van der Waals surface area contributed by atoms with Crippen molar-refractivity contribution in [2.75, 3.05) is 14.2 Å². The van der Waals surface area contributed by atoms with Crippen LogP contribution in [0.25, 0.3) is 0 Å². The van der Waals surface area contributed by atoms with Crippen LogP contribution < -0.4 is 9.47 Å². The second kappa shape index (κ2) is 5.18. The molecule has 1 aromatic rings. The SMILES string of the molecule is COc1cc(C(O)C(=O)O)cc(OC)c1Br. The Morgan fingerprint density at radius 1 is 1.31 bits per heavy atom. The van der Waals surface area contributed by atoms with Crippen molar-refractivity contribution < 1.29 is 24.5 Å². The topological polar surface area (TPSA) is 76.0 Å². The highest BCUT2D eigenvalue weighted by Gasteiger charge is 2.20. The molecule has 6 heteroatoms. The minimum Gasteiger partial charge on any atom is -0.495 e. The Morgan fingerprint density at radius 3 is 2.06 bits per heavy atom. The molecule has 88 valence electrons. The molecule has 0 saturated carbocycles. The zero-order chi connectivity index (χ0) is 12.3. The summed E-state index contributed by atoms with van der Waals surface area (Å²) in [6, 6.07) is 2.87. The Bertz CT molecular complexity index is 379. The number of rotatable bonds is 4. The number of hydrogen-bond donors (Lipinski definition) is 2. The molecule has 0 heterocycles. The van der Waals surface area contributed by atoms with E-state index in [1.54, 1.807) is 0 Å². The van der Waals surface area contributed by atoms with Gasteiger partial charge in [0.05, 0.1) is 14.2 Å². The zero-order valence-corrected chi connectivity index (χ0v) is 10.3. The van der Waals surface area contributed by atoms with Crippen LogP contribution in [0, 0.1) is 0 Å². The van der Waals surface area contributed by atoms with Crippen molar-refractivity contribution in [3.8, 4) is 11.5 Å². The molecule has 0 bridgehead atoms. The first-order valence-corrected chi connectivity index (χ1v) is 5.12. The smallest absolute Gasteiger partial charge is 0.337 e. The first-order valence-electron chi connectivity index (χ1n) is 4.33. The second-order valence-electron chi connectivity index (χ2n) is 2.98. The van der Waals surface area contributed by atoms with Crippen molar-refractivity contribution in [2.45, 2.75) is 6.10 Å².